The van der Waals surface area contributed by atoms with Gasteiger partial charge in [-0.2, -0.15) is 0 Å². The molecule has 2 heterocycles. The Hall–Kier alpha value is -2.75. The number of hydrogen-bond donors (Lipinski definition) is 2. The van der Waals surface area contributed by atoms with Crippen molar-refractivity contribution < 1.29 is 18.0 Å². The lowest BCUT2D eigenvalue weighted by Crippen LogP contribution is -2.42. The molecular weight excluding hydrogens is 446 g/mol. The maximum Gasteiger partial charge on any atom is 0.309 e. The van der Waals surface area contributed by atoms with E-state index in [0.29, 0.717) is 9.90 Å². The van der Waals surface area contributed by atoms with Crippen LogP contribution in [-0.4, -0.2) is 31.8 Å². The summed E-state index contributed by atoms with van der Waals surface area (Å²) in [5.74, 6) is -1.76. The molecule has 0 unspecified atom stereocenters. The topological polar surface area (TPSA) is 105 Å². The molecule has 0 aliphatic rings. The van der Waals surface area contributed by atoms with Crippen LogP contribution in [0.2, 0.25) is 5.02 Å². The zero-order chi connectivity index (χ0) is 21.6. The lowest BCUT2D eigenvalue weighted by Gasteiger charge is -2.17. The molecule has 0 saturated heterocycles. The van der Waals surface area contributed by atoms with Gasteiger partial charge in [-0.25, -0.2) is 8.42 Å². The molecular formula is C20H18ClN3O4S2. The van der Waals surface area contributed by atoms with Crippen LogP contribution in [0.4, 0.5) is 0 Å². The predicted octanol–water partition coefficient (Wildman–Crippen LogP) is 2.74. The molecule has 2 N–H and O–H groups in total. The summed E-state index contributed by atoms with van der Waals surface area (Å²) in [5.41, 5.74) is 0.737. The first kappa shape index (κ1) is 21.9. The highest BCUT2D eigenvalue weighted by Crippen LogP contribution is 2.31. The third-order valence-corrected chi connectivity index (χ3v) is 7.69. The molecule has 1 atom stereocenters. The molecule has 3 rings (SSSR count). The number of amides is 2. The second-order valence-electron chi connectivity index (χ2n) is 6.26. The molecule has 0 aliphatic carbocycles. The summed E-state index contributed by atoms with van der Waals surface area (Å²) in [4.78, 5) is 28.8. The first-order valence-electron chi connectivity index (χ1n) is 8.85. The number of thiophene rings is 1. The summed E-state index contributed by atoms with van der Waals surface area (Å²) in [6.07, 6.45) is 3.17. The minimum atomic E-state index is -3.82. The van der Waals surface area contributed by atoms with E-state index in [1.165, 1.54) is 35.6 Å². The molecule has 0 aliphatic heterocycles. The highest BCUT2D eigenvalue weighted by molar-refractivity contribution is 7.91. The van der Waals surface area contributed by atoms with Crippen LogP contribution in [0.3, 0.4) is 0 Å². The van der Waals surface area contributed by atoms with Gasteiger partial charge in [0.25, 0.3) is 0 Å². The van der Waals surface area contributed by atoms with E-state index < -0.39 is 26.9 Å². The lowest BCUT2D eigenvalue weighted by molar-refractivity contribution is -0.139. The van der Waals surface area contributed by atoms with Crippen molar-refractivity contribution in [2.45, 2.75) is 16.7 Å². The van der Waals surface area contributed by atoms with Crippen LogP contribution >= 0.6 is 22.9 Å². The van der Waals surface area contributed by atoms with Crippen LogP contribution in [0.5, 0.6) is 0 Å². The Kier molecular flexibility index (Phi) is 7.20. The number of carbonyl (C=O) groups excluding carboxylic acids is 2. The van der Waals surface area contributed by atoms with Crippen molar-refractivity contribution in [2.24, 2.45) is 0 Å². The number of nitrogens with one attached hydrogen (secondary N) is 2. The van der Waals surface area contributed by atoms with Crippen LogP contribution in [0.25, 0.3) is 0 Å². The van der Waals surface area contributed by atoms with E-state index in [1.54, 1.807) is 42.0 Å². The smallest absolute Gasteiger partial charge is 0.309 e. The molecule has 30 heavy (non-hydrogen) atoms. The standard InChI is InChI=1S/C20H18ClN3O4S2/c21-15-5-7-16(8-6-15)30(27,28)18(17-4-2-10-29-17)13-24-20(26)19(25)23-12-14-3-1-9-22-11-14/h1-11,18H,12-13H2,(H,23,25)(H,24,26)/t18-/m1/s1. The minimum Gasteiger partial charge on any atom is -0.346 e. The summed E-state index contributed by atoms with van der Waals surface area (Å²) in [5, 5.41) is 6.05. The van der Waals surface area contributed by atoms with Crippen molar-refractivity contribution in [3.8, 4) is 0 Å². The SMILES string of the molecule is O=C(NCc1cccnc1)C(=O)NC[C@H](c1cccs1)S(=O)(=O)c1ccc(Cl)cc1. The molecule has 156 valence electrons. The average molecular weight is 464 g/mol. The van der Waals surface area contributed by atoms with Gasteiger partial charge in [0.05, 0.1) is 4.90 Å². The summed E-state index contributed by atoms with van der Waals surface area (Å²) in [6, 6.07) is 12.7. The fraction of sp³-hybridized carbons (Fsp3) is 0.150. The van der Waals surface area contributed by atoms with E-state index in [-0.39, 0.29) is 18.0 Å². The molecule has 0 spiro atoms. The van der Waals surface area contributed by atoms with Gasteiger partial charge in [-0.1, -0.05) is 23.7 Å². The first-order chi connectivity index (χ1) is 14.4. The normalized spacial score (nSPS) is 12.2. The minimum absolute atomic E-state index is 0.0839. The number of carbonyl (C=O) groups is 2. The number of pyridine rings is 1. The summed E-state index contributed by atoms with van der Waals surface area (Å²) >= 11 is 7.11. The fourth-order valence-electron chi connectivity index (χ4n) is 2.66. The van der Waals surface area contributed by atoms with Gasteiger partial charge in [-0.3, -0.25) is 14.6 Å². The van der Waals surface area contributed by atoms with Crippen molar-refractivity contribution in [2.75, 3.05) is 6.54 Å². The molecule has 0 radical (unpaired) electrons. The summed E-state index contributed by atoms with van der Waals surface area (Å²) in [6.45, 7) is -0.109. The zero-order valence-corrected chi connectivity index (χ0v) is 18.0. The number of sulfone groups is 1. The van der Waals surface area contributed by atoms with Gasteiger partial charge in [0, 0.05) is 35.4 Å². The van der Waals surface area contributed by atoms with E-state index in [1.807, 2.05) is 0 Å². The monoisotopic (exact) mass is 463 g/mol. The van der Waals surface area contributed by atoms with Gasteiger partial charge in [0.2, 0.25) is 0 Å². The quantitative estimate of drug-likeness (QED) is 0.524. The Morgan fingerprint density at radius 1 is 1.03 bits per heavy atom. The molecule has 2 aromatic heterocycles. The highest BCUT2D eigenvalue weighted by Gasteiger charge is 2.31. The fourth-order valence-corrected chi connectivity index (χ4v) is 5.57. The third kappa shape index (κ3) is 5.44. The number of halogens is 1. The van der Waals surface area contributed by atoms with Crippen LogP contribution in [-0.2, 0) is 26.0 Å². The number of rotatable bonds is 7. The third-order valence-electron chi connectivity index (χ3n) is 4.21. The molecule has 1 aromatic carbocycles. The van der Waals surface area contributed by atoms with Gasteiger partial charge < -0.3 is 10.6 Å². The second kappa shape index (κ2) is 9.84. The summed E-state index contributed by atoms with van der Waals surface area (Å²) < 4.78 is 26.3. The number of aromatic nitrogens is 1. The Bertz CT molecular complexity index is 1100. The van der Waals surface area contributed by atoms with E-state index >= 15 is 0 Å². The van der Waals surface area contributed by atoms with Crippen LogP contribution in [0.1, 0.15) is 15.7 Å². The molecule has 7 nitrogen and oxygen atoms in total. The van der Waals surface area contributed by atoms with Gasteiger partial charge in [0.15, 0.2) is 9.84 Å². The van der Waals surface area contributed by atoms with Crippen LogP contribution < -0.4 is 10.6 Å². The molecule has 0 bridgehead atoms. The molecule has 0 saturated carbocycles. The molecule has 2 amide bonds. The van der Waals surface area contributed by atoms with Crippen molar-refractivity contribution in [1.82, 2.24) is 15.6 Å². The van der Waals surface area contributed by atoms with Gasteiger partial charge in [0.1, 0.15) is 5.25 Å². The van der Waals surface area contributed by atoms with Crippen molar-refractivity contribution in [1.29, 1.82) is 0 Å². The zero-order valence-electron chi connectivity index (χ0n) is 15.6. The Labute approximate surface area is 183 Å². The van der Waals surface area contributed by atoms with Gasteiger partial charge in [-0.15, -0.1) is 11.3 Å². The maximum atomic E-state index is 13.1. The largest absolute Gasteiger partial charge is 0.346 e. The maximum absolute atomic E-state index is 13.1. The summed E-state index contributed by atoms with van der Waals surface area (Å²) in [7, 11) is -3.82. The van der Waals surface area contributed by atoms with Crippen LogP contribution in [0.15, 0.2) is 71.2 Å². The van der Waals surface area contributed by atoms with E-state index in [0.717, 1.165) is 5.56 Å². The molecule has 0 fully saturated rings. The number of nitrogens with zero attached hydrogens (tertiary/aromatic N) is 1. The lowest BCUT2D eigenvalue weighted by atomic mass is 10.3. The van der Waals surface area contributed by atoms with E-state index in [4.69, 9.17) is 11.6 Å². The van der Waals surface area contributed by atoms with E-state index in [9.17, 15) is 18.0 Å². The molecule has 10 heteroatoms. The highest BCUT2D eigenvalue weighted by atomic mass is 35.5. The Morgan fingerprint density at radius 3 is 2.40 bits per heavy atom. The Morgan fingerprint density at radius 2 is 1.77 bits per heavy atom. The van der Waals surface area contributed by atoms with Crippen molar-refractivity contribution in [3.05, 3.63) is 81.8 Å². The van der Waals surface area contributed by atoms with Crippen molar-refractivity contribution >= 4 is 44.6 Å². The number of benzene rings is 1. The molecule has 3 aromatic rings. The number of hydrogen-bond acceptors (Lipinski definition) is 6. The Balaban J connectivity index is 1.69. The van der Waals surface area contributed by atoms with Gasteiger partial charge in [-0.05, 0) is 47.3 Å². The van der Waals surface area contributed by atoms with E-state index in [2.05, 4.69) is 15.6 Å². The first-order valence-corrected chi connectivity index (χ1v) is 11.7. The second-order valence-corrected chi connectivity index (χ2v) is 9.80. The average Bonchev–Trinajstić information content (AvgIpc) is 3.27. The van der Waals surface area contributed by atoms with Crippen LogP contribution in [0, 0.1) is 0 Å². The van der Waals surface area contributed by atoms with Crippen molar-refractivity contribution in [3.63, 3.8) is 0 Å². The predicted molar refractivity (Wildman–Crippen MR) is 115 cm³/mol. The van der Waals surface area contributed by atoms with Gasteiger partial charge >= 0.3 is 11.8 Å².